The van der Waals surface area contributed by atoms with Crippen LogP contribution >= 0.6 is 15.9 Å². The molecule has 2 aliphatic heterocycles. The lowest BCUT2D eigenvalue weighted by Crippen LogP contribution is -2.48. The first-order valence-electron chi connectivity index (χ1n) is 4.76. The van der Waals surface area contributed by atoms with Crippen molar-refractivity contribution in [2.45, 2.75) is 18.6 Å². The second kappa shape index (κ2) is 4.26. The third-order valence-electron chi connectivity index (χ3n) is 2.64. The number of halogens is 1. The molecule has 0 amide bonds. The van der Waals surface area contributed by atoms with Gasteiger partial charge in [-0.2, -0.15) is 0 Å². The predicted molar refractivity (Wildman–Crippen MR) is 52.0 cm³/mol. The molecule has 0 unspecified atom stereocenters. The summed E-state index contributed by atoms with van der Waals surface area (Å²) in [6.45, 7) is 3.15. The van der Waals surface area contributed by atoms with Crippen LogP contribution in [-0.2, 0) is 14.2 Å². The van der Waals surface area contributed by atoms with E-state index < -0.39 is 0 Å². The summed E-state index contributed by atoms with van der Waals surface area (Å²) in [4.78, 5) is 0. The highest BCUT2D eigenvalue weighted by atomic mass is 79.9. The maximum absolute atomic E-state index is 5.78. The van der Waals surface area contributed by atoms with Gasteiger partial charge < -0.3 is 14.2 Å². The maximum Gasteiger partial charge on any atom is 0.172 e. The van der Waals surface area contributed by atoms with Crippen molar-refractivity contribution in [3.63, 3.8) is 0 Å². The molecule has 0 aromatic carbocycles. The van der Waals surface area contributed by atoms with Gasteiger partial charge in [-0.3, -0.25) is 0 Å². The van der Waals surface area contributed by atoms with Crippen molar-refractivity contribution in [1.82, 2.24) is 0 Å². The third kappa shape index (κ3) is 2.24. The van der Waals surface area contributed by atoms with Gasteiger partial charge in [0.2, 0.25) is 0 Å². The van der Waals surface area contributed by atoms with Crippen molar-refractivity contribution in [3.8, 4) is 0 Å². The zero-order chi connectivity index (χ0) is 9.15. The smallest absolute Gasteiger partial charge is 0.172 e. The third-order valence-corrected chi connectivity index (χ3v) is 3.55. The first-order chi connectivity index (χ1) is 6.35. The fraction of sp³-hybridized carbons (Fsp3) is 1.00. The van der Waals surface area contributed by atoms with Crippen LogP contribution in [0.25, 0.3) is 0 Å². The highest BCUT2D eigenvalue weighted by molar-refractivity contribution is 9.09. The fourth-order valence-electron chi connectivity index (χ4n) is 1.69. The van der Waals surface area contributed by atoms with Gasteiger partial charge in [0.1, 0.15) is 0 Å². The highest BCUT2D eigenvalue weighted by Gasteiger charge is 2.38. The Morgan fingerprint density at radius 2 is 1.77 bits per heavy atom. The van der Waals surface area contributed by atoms with E-state index in [0.29, 0.717) is 5.92 Å². The summed E-state index contributed by atoms with van der Waals surface area (Å²) in [5, 5.41) is 0.958. The van der Waals surface area contributed by atoms with Crippen LogP contribution in [0.1, 0.15) is 12.8 Å². The number of hydrogen-bond donors (Lipinski definition) is 0. The van der Waals surface area contributed by atoms with Gasteiger partial charge in [0.05, 0.1) is 26.4 Å². The van der Waals surface area contributed by atoms with Crippen molar-refractivity contribution < 1.29 is 14.2 Å². The zero-order valence-corrected chi connectivity index (χ0v) is 9.22. The second-order valence-corrected chi connectivity index (χ2v) is 4.31. The van der Waals surface area contributed by atoms with Crippen LogP contribution in [0, 0.1) is 5.92 Å². The molecule has 0 bridgehead atoms. The first-order valence-corrected chi connectivity index (χ1v) is 5.88. The Morgan fingerprint density at radius 3 is 2.31 bits per heavy atom. The molecule has 0 aromatic heterocycles. The predicted octanol–water partition coefficient (Wildman–Crippen LogP) is 1.55. The lowest BCUT2D eigenvalue weighted by Gasteiger charge is -2.42. The standard InChI is InChI=1S/C9H15BrO3/c10-5-8-6-12-9(13-7-8)1-3-11-4-2-9/h8H,1-7H2. The molecule has 0 radical (unpaired) electrons. The Kier molecular flexibility index (Phi) is 3.24. The maximum atomic E-state index is 5.78. The summed E-state index contributed by atoms with van der Waals surface area (Å²) in [6, 6.07) is 0. The average molecular weight is 251 g/mol. The lowest BCUT2D eigenvalue weighted by molar-refractivity contribution is -0.304. The average Bonchev–Trinajstić information content (AvgIpc) is 2.20. The molecule has 0 aliphatic carbocycles. The van der Waals surface area contributed by atoms with Crippen LogP contribution < -0.4 is 0 Å². The number of hydrogen-bond acceptors (Lipinski definition) is 3. The van der Waals surface area contributed by atoms with E-state index >= 15 is 0 Å². The number of alkyl halides is 1. The topological polar surface area (TPSA) is 27.7 Å². The normalized spacial score (nSPS) is 29.3. The van der Waals surface area contributed by atoms with Gasteiger partial charge in [0, 0.05) is 24.1 Å². The van der Waals surface area contributed by atoms with E-state index in [1.165, 1.54) is 0 Å². The molecule has 0 saturated carbocycles. The molecule has 0 atom stereocenters. The number of ether oxygens (including phenoxy) is 3. The zero-order valence-electron chi connectivity index (χ0n) is 7.63. The Balaban J connectivity index is 1.87. The summed E-state index contributed by atoms with van der Waals surface area (Å²) in [5.41, 5.74) is 0. The van der Waals surface area contributed by atoms with Crippen LogP contribution in [0.3, 0.4) is 0 Å². The summed E-state index contributed by atoms with van der Waals surface area (Å²) < 4.78 is 16.8. The Labute approximate surface area is 86.9 Å². The van der Waals surface area contributed by atoms with Gasteiger partial charge in [0.25, 0.3) is 0 Å². The molecule has 2 heterocycles. The molecule has 0 N–H and O–H groups in total. The van der Waals surface area contributed by atoms with E-state index in [9.17, 15) is 0 Å². The van der Waals surface area contributed by atoms with Crippen LogP contribution in [-0.4, -0.2) is 37.5 Å². The minimum atomic E-state index is -0.309. The minimum Gasteiger partial charge on any atom is -0.381 e. The molecule has 1 spiro atoms. The van der Waals surface area contributed by atoms with E-state index in [1.807, 2.05) is 0 Å². The number of rotatable bonds is 1. The molecular formula is C9H15BrO3. The molecular weight excluding hydrogens is 236 g/mol. The highest BCUT2D eigenvalue weighted by Crippen LogP contribution is 2.31. The Morgan fingerprint density at radius 1 is 1.15 bits per heavy atom. The van der Waals surface area contributed by atoms with Gasteiger partial charge in [-0.25, -0.2) is 0 Å². The van der Waals surface area contributed by atoms with Gasteiger partial charge in [-0.15, -0.1) is 0 Å². The Hall–Kier alpha value is 0.360. The molecule has 13 heavy (non-hydrogen) atoms. The summed E-state index contributed by atoms with van der Waals surface area (Å²) in [5.74, 6) is 0.199. The lowest BCUT2D eigenvalue weighted by atomic mass is 10.1. The monoisotopic (exact) mass is 250 g/mol. The van der Waals surface area contributed by atoms with Crippen molar-refractivity contribution in [3.05, 3.63) is 0 Å². The molecule has 4 heteroatoms. The van der Waals surface area contributed by atoms with E-state index in [-0.39, 0.29) is 5.79 Å². The summed E-state index contributed by atoms with van der Waals surface area (Å²) >= 11 is 3.44. The quantitative estimate of drug-likeness (QED) is 0.662. The van der Waals surface area contributed by atoms with Crippen molar-refractivity contribution >= 4 is 15.9 Å². The van der Waals surface area contributed by atoms with Crippen LogP contribution in [0.4, 0.5) is 0 Å². The summed E-state index contributed by atoms with van der Waals surface area (Å²) in [6.07, 6.45) is 1.75. The van der Waals surface area contributed by atoms with Gasteiger partial charge in [-0.05, 0) is 0 Å². The summed E-state index contributed by atoms with van der Waals surface area (Å²) in [7, 11) is 0. The SMILES string of the molecule is BrCC1COC2(CCOCC2)OC1. The van der Waals surface area contributed by atoms with Crippen molar-refractivity contribution in [1.29, 1.82) is 0 Å². The second-order valence-electron chi connectivity index (χ2n) is 3.67. The fourth-order valence-corrected chi connectivity index (χ4v) is 2.06. The molecule has 0 aromatic rings. The molecule has 2 fully saturated rings. The molecule has 3 nitrogen and oxygen atoms in total. The van der Waals surface area contributed by atoms with E-state index in [0.717, 1.165) is 44.6 Å². The van der Waals surface area contributed by atoms with Crippen LogP contribution in [0.15, 0.2) is 0 Å². The molecule has 2 rings (SSSR count). The van der Waals surface area contributed by atoms with Crippen molar-refractivity contribution in [2.24, 2.45) is 5.92 Å². The van der Waals surface area contributed by atoms with Gasteiger partial charge >= 0.3 is 0 Å². The van der Waals surface area contributed by atoms with E-state index in [4.69, 9.17) is 14.2 Å². The van der Waals surface area contributed by atoms with Gasteiger partial charge in [0.15, 0.2) is 5.79 Å². The largest absolute Gasteiger partial charge is 0.381 e. The first kappa shape index (κ1) is 9.90. The van der Waals surface area contributed by atoms with E-state index in [1.54, 1.807) is 0 Å². The molecule has 76 valence electrons. The van der Waals surface area contributed by atoms with Gasteiger partial charge in [-0.1, -0.05) is 15.9 Å². The van der Waals surface area contributed by atoms with Crippen molar-refractivity contribution in [2.75, 3.05) is 31.8 Å². The molecule has 2 saturated heterocycles. The molecule has 2 aliphatic rings. The Bertz CT molecular complexity index is 158. The van der Waals surface area contributed by atoms with E-state index in [2.05, 4.69) is 15.9 Å². The van der Waals surface area contributed by atoms with Crippen LogP contribution in [0.5, 0.6) is 0 Å². The van der Waals surface area contributed by atoms with Crippen LogP contribution in [0.2, 0.25) is 0 Å². The minimum absolute atomic E-state index is 0.309.